The van der Waals surface area contributed by atoms with Crippen LogP contribution in [-0.2, 0) is 0 Å². The quantitative estimate of drug-likeness (QED) is 0.442. The number of nitrogens with zero attached hydrogens (tertiary/aromatic N) is 3. The number of hydrogen-bond donors (Lipinski definition) is 2. The van der Waals surface area contributed by atoms with E-state index in [1.807, 2.05) is 68.4 Å². The molecule has 0 fully saturated rings. The summed E-state index contributed by atoms with van der Waals surface area (Å²) in [6, 6.07) is 15.0. The summed E-state index contributed by atoms with van der Waals surface area (Å²) in [4.78, 5) is 14.4. The molecule has 2 aromatic carbocycles. The van der Waals surface area contributed by atoms with E-state index in [-0.39, 0.29) is 5.91 Å². The van der Waals surface area contributed by atoms with Crippen molar-refractivity contribution in [2.24, 2.45) is 5.10 Å². The fourth-order valence-electron chi connectivity index (χ4n) is 2.77. The second kappa shape index (κ2) is 9.60. The van der Waals surface area contributed by atoms with Gasteiger partial charge in [-0.2, -0.15) is 10.2 Å². The highest BCUT2D eigenvalue weighted by molar-refractivity contribution is 5.94. The molecule has 30 heavy (non-hydrogen) atoms. The normalized spacial score (nSPS) is 10.8. The van der Waals surface area contributed by atoms with E-state index in [2.05, 4.69) is 20.7 Å². The van der Waals surface area contributed by atoms with Gasteiger partial charge in [-0.15, -0.1) is 0 Å². The zero-order valence-corrected chi connectivity index (χ0v) is 17.5. The number of hydrogen-bond acceptors (Lipinski definition) is 6. The van der Waals surface area contributed by atoms with E-state index in [1.54, 1.807) is 19.4 Å². The molecule has 1 amide bonds. The SMILES string of the molecule is CCOc1ccc(-c2cc(C(=O)N/N=C\c3ccc(N(C)C)cc3)[nH]n2)cc1OC. The van der Waals surface area contributed by atoms with Gasteiger partial charge in [0, 0.05) is 25.3 Å². The third-order valence-corrected chi connectivity index (χ3v) is 4.37. The second-order valence-corrected chi connectivity index (χ2v) is 6.65. The van der Waals surface area contributed by atoms with Crippen LogP contribution in [0.4, 0.5) is 5.69 Å². The van der Waals surface area contributed by atoms with Crippen LogP contribution in [0, 0.1) is 0 Å². The lowest BCUT2D eigenvalue weighted by atomic mass is 10.1. The van der Waals surface area contributed by atoms with Crippen molar-refractivity contribution in [2.45, 2.75) is 6.92 Å². The van der Waals surface area contributed by atoms with Crippen molar-refractivity contribution < 1.29 is 14.3 Å². The van der Waals surface area contributed by atoms with Crippen molar-refractivity contribution in [1.82, 2.24) is 15.6 Å². The van der Waals surface area contributed by atoms with E-state index < -0.39 is 0 Å². The van der Waals surface area contributed by atoms with Crippen LogP contribution in [0.2, 0.25) is 0 Å². The zero-order valence-electron chi connectivity index (χ0n) is 17.5. The van der Waals surface area contributed by atoms with Gasteiger partial charge in [-0.1, -0.05) is 12.1 Å². The molecule has 0 saturated carbocycles. The number of rotatable bonds is 8. The van der Waals surface area contributed by atoms with Crippen LogP contribution >= 0.6 is 0 Å². The van der Waals surface area contributed by atoms with Crippen LogP contribution in [0.1, 0.15) is 23.0 Å². The maximum Gasteiger partial charge on any atom is 0.289 e. The van der Waals surface area contributed by atoms with Gasteiger partial charge in [0.25, 0.3) is 5.91 Å². The van der Waals surface area contributed by atoms with Gasteiger partial charge in [-0.3, -0.25) is 9.89 Å². The summed E-state index contributed by atoms with van der Waals surface area (Å²) >= 11 is 0. The fraction of sp³-hybridized carbons (Fsp3) is 0.227. The minimum atomic E-state index is -0.382. The Balaban J connectivity index is 1.66. The molecule has 0 spiro atoms. The lowest BCUT2D eigenvalue weighted by Gasteiger charge is -2.11. The number of aromatic amines is 1. The van der Waals surface area contributed by atoms with Gasteiger partial charge in [0.2, 0.25) is 0 Å². The number of amides is 1. The minimum Gasteiger partial charge on any atom is -0.493 e. The number of benzene rings is 2. The van der Waals surface area contributed by atoms with Gasteiger partial charge in [0.1, 0.15) is 5.69 Å². The molecular weight excluding hydrogens is 382 g/mol. The van der Waals surface area contributed by atoms with Gasteiger partial charge < -0.3 is 14.4 Å². The van der Waals surface area contributed by atoms with Gasteiger partial charge >= 0.3 is 0 Å². The van der Waals surface area contributed by atoms with Crippen LogP contribution in [0.25, 0.3) is 11.3 Å². The van der Waals surface area contributed by atoms with Crippen LogP contribution < -0.4 is 19.8 Å². The van der Waals surface area contributed by atoms with Gasteiger partial charge in [-0.05, 0) is 48.9 Å². The molecule has 3 rings (SSSR count). The van der Waals surface area contributed by atoms with Gasteiger partial charge in [-0.25, -0.2) is 5.43 Å². The molecule has 0 unspecified atom stereocenters. The Morgan fingerprint density at radius 2 is 1.93 bits per heavy atom. The topological polar surface area (TPSA) is 91.8 Å². The summed E-state index contributed by atoms with van der Waals surface area (Å²) in [7, 11) is 5.54. The first-order valence-electron chi connectivity index (χ1n) is 9.49. The molecule has 156 valence electrons. The monoisotopic (exact) mass is 407 g/mol. The summed E-state index contributed by atoms with van der Waals surface area (Å²) in [5, 5.41) is 11.0. The van der Waals surface area contributed by atoms with Crippen molar-refractivity contribution in [2.75, 3.05) is 32.7 Å². The summed E-state index contributed by atoms with van der Waals surface area (Å²) < 4.78 is 10.9. The van der Waals surface area contributed by atoms with E-state index in [1.165, 1.54) is 0 Å². The number of anilines is 1. The lowest BCUT2D eigenvalue weighted by molar-refractivity contribution is 0.0950. The highest BCUT2D eigenvalue weighted by Crippen LogP contribution is 2.32. The molecule has 3 aromatic rings. The fourth-order valence-corrected chi connectivity index (χ4v) is 2.77. The van der Waals surface area contributed by atoms with Crippen LogP contribution in [0.3, 0.4) is 0 Å². The summed E-state index contributed by atoms with van der Waals surface area (Å²) in [5.41, 5.74) is 6.19. The predicted molar refractivity (Wildman–Crippen MR) is 118 cm³/mol. The standard InChI is InChI=1S/C22H25N5O3/c1-5-30-20-11-8-16(12-21(20)29-4)18-13-19(25-24-18)22(28)26-23-14-15-6-9-17(10-7-15)27(2)3/h6-14H,5H2,1-4H3,(H,24,25)(H,26,28)/b23-14-. The van der Waals surface area contributed by atoms with Crippen molar-refractivity contribution in [3.63, 3.8) is 0 Å². The molecule has 0 atom stereocenters. The number of hydrazone groups is 1. The first-order valence-corrected chi connectivity index (χ1v) is 9.49. The Kier molecular flexibility index (Phi) is 6.69. The van der Waals surface area contributed by atoms with E-state index in [4.69, 9.17) is 9.47 Å². The third kappa shape index (κ3) is 4.96. The molecule has 0 radical (unpaired) electrons. The molecule has 8 heteroatoms. The lowest BCUT2D eigenvalue weighted by Crippen LogP contribution is -2.18. The number of carbonyl (C=O) groups is 1. The maximum absolute atomic E-state index is 12.3. The smallest absolute Gasteiger partial charge is 0.289 e. The molecule has 0 saturated heterocycles. The summed E-state index contributed by atoms with van der Waals surface area (Å²) in [6.45, 7) is 2.45. The molecular formula is C22H25N5O3. The summed E-state index contributed by atoms with van der Waals surface area (Å²) in [6.07, 6.45) is 1.59. The number of nitrogens with one attached hydrogen (secondary N) is 2. The van der Waals surface area contributed by atoms with E-state index >= 15 is 0 Å². The molecule has 8 nitrogen and oxygen atoms in total. The number of aromatic nitrogens is 2. The molecule has 0 bridgehead atoms. The third-order valence-electron chi connectivity index (χ3n) is 4.37. The minimum absolute atomic E-state index is 0.304. The highest BCUT2D eigenvalue weighted by Gasteiger charge is 2.13. The van der Waals surface area contributed by atoms with Crippen molar-refractivity contribution >= 4 is 17.8 Å². The summed E-state index contributed by atoms with van der Waals surface area (Å²) in [5.74, 6) is 0.881. The van der Waals surface area contributed by atoms with E-state index in [9.17, 15) is 4.79 Å². The Morgan fingerprint density at radius 3 is 2.60 bits per heavy atom. The van der Waals surface area contributed by atoms with Crippen molar-refractivity contribution in [3.8, 4) is 22.8 Å². The van der Waals surface area contributed by atoms with Gasteiger partial charge in [0.15, 0.2) is 11.5 Å². The predicted octanol–water partition coefficient (Wildman–Crippen LogP) is 3.31. The Bertz CT molecular complexity index is 1030. The molecule has 2 N–H and O–H groups in total. The first kappa shape index (κ1) is 20.9. The number of H-pyrrole nitrogens is 1. The second-order valence-electron chi connectivity index (χ2n) is 6.65. The maximum atomic E-state index is 12.3. The Morgan fingerprint density at radius 1 is 1.17 bits per heavy atom. The van der Waals surface area contributed by atoms with Crippen molar-refractivity contribution in [1.29, 1.82) is 0 Å². The molecule has 0 aliphatic carbocycles. The average Bonchev–Trinajstić information content (AvgIpc) is 3.25. The first-order chi connectivity index (χ1) is 14.5. The van der Waals surface area contributed by atoms with E-state index in [0.717, 1.165) is 16.8 Å². The molecule has 1 heterocycles. The van der Waals surface area contributed by atoms with Gasteiger partial charge in [0.05, 0.1) is 25.6 Å². The highest BCUT2D eigenvalue weighted by atomic mass is 16.5. The molecule has 1 aromatic heterocycles. The number of carbonyl (C=O) groups excluding carboxylic acids is 1. The van der Waals surface area contributed by atoms with Crippen LogP contribution in [0.5, 0.6) is 11.5 Å². The average molecular weight is 407 g/mol. The van der Waals surface area contributed by atoms with Crippen LogP contribution in [0.15, 0.2) is 53.6 Å². The Hall–Kier alpha value is -3.81. The Labute approximate surface area is 175 Å². The molecule has 0 aliphatic heterocycles. The number of ether oxygens (including phenoxy) is 2. The zero-order chi connectivity index (χ0) is 21.5. The van der Waals surface area contributed by atoms with Crippen molar-refractivity contribution in [3.05, 3.63) is 59.8 Å². The molecule has 0 aliphatic rings. The largest absolute Gasteiger partial charge is 0.493 e. The van der Waals surface area contributed by atoms with Crippen LogP contribution in [-0.4, -0.2) is 50.1 Å². The van der Waals surface area contributed by atoms with E-state index in [0.29, 0.717) is 29.5 Å². The number of methoxy groups -OCH3 is 1.